The number of hydrogen-bond acceptors (Lipinski definition) is 4. The molecule has 5 nitrogen and oxygen atoms in total. The Balaban J connectivity index is 1.79. The van der Waals surface area contributed by atoms with Crippen molar-refractivity contribution < 1.29 is 13.2 Å². The van der Waals surface area contributed by atoms with E-state index in [1.54, 1.807) is 17.0 Å². The first-order chi connectivity index (χ1) is 13.4. The Bertz CT molecular complexity index is 924. The van der Waals surface area contributed by atoms with Crippen LogP contribution in [0.3, 0.4) is 0 Å². The van der Waals surface area contributed by atoms with Crippen LogP contribution in [0.15, 0.2) is 58.3 Å². The molecule has 1 saturated heterocycles. The van der Waals surface area contributed by atoms with Gasteiger partial charge in [0.05, 0.1) is 10.5 Å². The van der Waals surface area contributed by atoms with E-state index in [9.17, 15) is 13.2 Å². The zero-order valence-corrected chi connectivity index (χ0v) is 17.9. The molecule has 2 aromatic carbocycles. The van der Waals surface area contributed by atoms with Crippen LogP contribution in [0.5, 0.6) is 0 Å². The van der Waals surface area contributed by atoms with Gasteiger partial charge in [-0.25, -0.2) is 13.1 Å². The van der Waals surface area contributed by atoms with Gasteiger partial charge in [-0.2, -0.15) is 0 Å². The van der Waals surface area contributed by atoms with Gasteiger partial charge in [-0.3, -0.25) is 4.79 Å². The molecule has 28 heavy (non-hydrogen) atoms. The van der Waals surface area contributed by atoms with Crippen molar-refractivity contribution in [2.45, 2.75) is 35.5 Å². The summed E-state index contributed by atoms with van der Waals surface area (Å²) >= 11 is 1.45. The first-order valence-electron chi connectivity index (χ1n) is 9.44. The lowest BCUT2D eigenvalue weighted by atomic mass is 10.0. The minimum absolute atomic E-state index is 0.0483. The molecule has 0 saturated carbocycles. The second-order valence-electron chi connectivity index (χ2n) is 7.03. The molecular formula is C21H26N2O3S2. The maximum Gasteiger partial charge on any atom is 0.255 e. The van der Waals surface area contributed by atoms with Crippen molar-refractivity contribution in [1.29, 1.82) is 0 Å². The molecule has 1 amide bonds. The summed E-state index contributed by atoms with van der Waals surface area (Å²) in [6.07, 6.45) is 3.89. The predicted octanol–water partition coefficient (Wildman–Crippen LogP) is 3.73. The first-order valence-corrected chi connectivity index (χ1v) is 12.1. The maximum atomic E-state index is 12.9. The van der Waals surface area contributed by atoms with Gasteiger partial charge in [0.15, 0.2) is 0 Å². The molecule has 0 radical (unpaired) electrons. The van der Waals surface area contributed by atoms with Crippen LogP contribution in [0.1, 0.15) is 41.6 Å². The Kier molecular flexibility index (Phi) is 6.80. The standard InChI is InChI=1S/C21H26N2O3S2/c1-16(17-8-4-3-5-9-17)15-22-28(25,26)18-10-11-20(27-2)19(14-18)21(24)23-12-6-7-13-23/h3-5,8-11,14,16,22H,6-7,12-13,15H2,1-2H3/t16-/m0/s1. The Morgan fingerprint density at radius 1 is 1.14 bits per heavy atom. The van der Waals surface area contributed by atoms with Crippen molar-refractivity contribution in [2.75, 3.05) is 25.9 Å². The monoisotopic (exact) mass is 418 g/mol. The zero-order valence-electron chi connectivity index (χ0n) is 16.2. The SMILES string of the molecule is CSc1ccc(S(=O)(=O)NC[C@H](C)c2ccccc2)cc1C(=O)N1CCCC1. The van der Waals surface area contributed by atoms with Crippen LogP contribution < -0.4 is 4.72 Å². The smallest absolute Gasteiger partial charge is 0.255 e. The highest BCUT2D eigenvalue weighted by Crippen LogP contribution is 2.26. The van der Waals surface area contributed by atoms with Crippen molar-refractivity contribution in [3.05, 3.63) is 59.7 Å². The largest absolute Gasteiger partial charge is 0.339 e. The highest BCUT2D eigenvalue weighted by atomic mass is 32.2. The number of carbonyl (C=O) groups is 1. The van der Waals surface area contributed by atoms with Crippen molar-refractivity contribution >= 4 is 27.7 Å². The molecule has 1 heterocycles. The van der Waals surface area contributed by atoms with Gasteiger partial charge < -0.3 is 4.90 Å². The van der Waals surface area contributed by atoms with Gasteiger partial charge in [-0.05, 0) is 48.8 Å². The topological polar surface area (TPSA) is 66.5 Å². The number of benzene rings is 2. The summed E-state index contributed by atoms with van der Waals surface area (Å²) in [5.41, 5.74) is 1.54. The Morgan fingerprint density at radius 2 is 1.82 bits per heavy atom. The fourth-order valence-electron chi connectivity index (χ4n) is 3.33. The quantitative estimate of drug-likeness (QED) is 0.696. The zero-order chi connectivity index (χ0) is 20.1. The van der Waals surface area contributed by atoms with E-state index in [-0.39, 0.29) is 16.7 Å². The molecule has 1 aliphatic heterocycles. The molecule has 2 aromatic rings. The number of nitrogens with zero attached hydrogens (tertiary/aromatic N) is 1. The predicted molar refractivity (Wildman–Crippen MR) is 113 cm³/mol. The molecule has 1 aliphatic rings. The minimum Gasteiger partial charge on any atom is -0.339 e. The van der Waals surface area contributed by atoms with Crippen molar-refractivity contribution in [3.8, 4) is 0 Å². The summed E-state index contributed by atoms with van der Waals surface area (Å²) in [6.45, 7) is 3.75. The molecule has 150 valence electrons. The van der Waals surface area contributed by atoms with E-state index in [0.717, 1.165) is 36.4 Å². The molecule has 0 spiro atoms. The van der Waals surface area contributed by atoms with Crippen molar-refractivity contribution in [1.82, 2.24) is 9.62 Å². The van der Waals surface area contributed by atoms with Gasteiger partial charge in [0.2, 0.25) is 10.0 Å². The number of carbonyl (C=O) groups excluding carboxylic acids is 1. The van der Waals surface area contributed by atoms with Crippen LogP contribution >= 0.6 is 11.8 Å². The molecule has 1 fully saturated rings. The molecule has 0 aliphatic carbocycles. The molecule has 0 aromatic heterocycles. The molecule has 0 unspecified atom stereocenters. The number of likely N-dealkylation sites (tertiary alicyclic amines) is 1. The summed E-state index contributed by atoms with van der Waals surface area (Å²) in [4.78, 5) is 15.6. The highest BCUT2D eigenvalue weighted by molar-refractivity contribution is 7.98. The molecule has 1 N–H and O–H groups in total. The van der Waals surface area contributed by atoms with Gasteiger partial charge >= 0.3 is 0 Å². The van der Waals surface area contributed by atoms with Gasteiger partial charge in [-0.15, -0.1) is 11.8 Å². The second kappa shape index (κ2) is 9.11. The van der Waals surface area contributed by atoms with Crippen LogP contribution in [-0.4, -0.2) is 45.1 Å². The van der Waals surface area contributed by atoms with E-state index in [4.69, 9.17) is 0 Å². The lowest BCUT2D eigenvalue weighted by molar-refractivity contribution is 0.0789. The molecular weight excluding hydrogens is 392 g/mol. The van der Waals surface area contributed by atoms with Gasteiger partial charge in [0, 0.05) is 24.5 Å². The average Bonchev–Trinajstić information content (AvgIpc) is 3.26. The molecule has 0 bridgehead atoms. The fourth-order valence-corrected chi connectivity index (χ4v) is 5.06. The lowest BCUT2D eigenvalue weighted by Gasteiger charge is -2.18. The Labute approximate surface area is 171 Å². The minimum atomic E-state index is -3.70. The number of sulfonamides is 1. The maximum absolute atomic E-state index is 12.9. The van der Waals surface area contributed by atoms with Crippen LogP contribution in [0.4, 0.5) is 0 Å². The van der Waals surface area contributed by atoms with E-state index in [0.29, 0.717) is 12.1 Å². The van der Waals surface area contributed by atoms with Gasteiger partial charge in [-0.1, -0.05) is 37.3 Å². The van der Waals surface area contributed by atoms with E-state index >= 15 is 0 Å². The first kappa shape index (κ1) is 20.9. The number of amides is 1. The summed E-state index contributed by atoms with van der Waals surface area (Å²) in [7, 11) is -3.70. The second-order valence-corrected chi connectivity index (χ2v) is 9.64. The summed E-state index contributed by atoms with van der Waals surface area (Å²) in [5.74, 6) is -0.0382. The van der Waals surface area contributed by atoms with Gasteiger partial charge in [0.1, 0.15) is 0 Å². The third kappa shape index (κ3) is 4.77. The van der Waals surface area contributed by atoms with Crippen LogP contribution in [0, 0.1) is 0 Å². The van der Waals surface area contributed by atoms with Crippen LogP contribution in [0.25, 0.3) is 0 Å². The number of hydrogen-bond donors (Lipinski definition) is 1. The number of rotatable bonds is 7. The van der Waals surface area contributed by atoms with Gasteiger partial charge in [0.25, 0.3) is 5.91 Å². The Hall–Kier alpha value is -1.83. The van der Waals surface area contributed by atoms with E-state index < -0.39 is 10.0 Å². The average molecular weight is 419 g/mol. The normalized spacial score (nSPS) is 15.6. The van der Waals surface area contributed by atoms with Crippen LogP contribution in [0.2, 0.25) is 0 Å². The summed E-state index contributed by atoms with van der Waals surface area (Å²) in [5, 5.41) is 0. The number of nitrogens with one attached hydrogen (secondary N) is 1. The van der Waals surface area contributed by atoms with E-state index in [1.807, 2.05) is 43.5 Å². The van der Waals surface area contributed by atoms with Crippen molar-refractivity contribution in [2.24, 2.45) is 0 Å². The van der Waals surface area contributed by atoms with Crippen molar-refractivity contribution in [3.63, 3.8) is 0 Å². The third-order valence-electron chi connectivity index (χ3n) is 5.05. The molecule has 1 atom stereocenters. The summed E-state index contributed by atoms with van der Waals surface area (Å²) in [6, 6.07) is 14.6. The lowest BCUT2D eigenvalue weighted by Crippen LogP contribution is -2.30. The van der Waals surface area contributed by atoms with E-state index in [1.165, 1.54) is 17.8 Å². The fraction of sp³-hybridized carbons (Fsp3) is 0.381. The van der Waals surface area contributed by atoms with E-state index in [2.05, 4.69) is 4.72 Å². The number of thioether (sulfide) groups is 1. The Morgan fingerprint density at radius 3 is 2.46 bits per heavy atom. The summed E-state index contributed by atoms with van der Waals surface area (Å²) < 4.78 is 28.3. The molecule has 3 rings (SSSR count). The third-order valence-corrected chi connectivity index (χ3v) is 7.27. The van der Waals surface area contributed by atoms with Crippen LogP contribution in [-0.2, 0) is 10.0 Å². The highest BCUT2D eigenvalue weighted by Gasteiger charge is 2.24. The molecule has 7 heteroatoms.